The Morgan fingerprint density at radius 2 is 1.64 bits per heavy atom. The number of rotatable bonds is 4. The molecule has 3 rings (SSSR count). The summed E-state index contributed by atoms with van der Waals surface area (Å²) in [5, 5.41) is 0.757. The number of carbonyl (C=O) groups excluding carboxylic acids is 1. The van der Waals surface area contributed by atoms with E-state index < -0.39 is 0 Å². The summed E-state index contributed by atoms with van der Waals surface area (Å²) in [6, 6.07) is 15.9. The van der Waals surface area contributed by atoms with Crippen LogP contribution < -0.4 is 5.73 Å². The number of hydrogen-bond acceptors (Lipinski definition) is 3. The molecule has 0 radical (unpaired) electrons. The zero-order chi connectivity index (χ0) is 17.8. The van der Waals surface area contributed by atoms with E-state index in [1.807, 2.05) is 41.3 Å². The van der Waals surface area contributed by atoms with Crippen molar-refractivity contribution in [3.63, 3.8) is 0 Å². The molecule has 2 aromatic rings. The van der Waals surface area contributed by atoms with Crippen molar-refractivity contribution in [2.45, 2.75) is 19.5 Å². The van der Waals surface area contributed by atoms with Gasteiger partial charge in [-0.1, -0.05) is 35.9 Å². The fourth-order valence-corrected chi connectivity index (χ4v) is 3.36. The van der Waals surface area contributed by atoms with Gasteiger partial charge in [0, 0.05) is 49.4 Å². The van der Waals surface area contributed by atoms with E-state index in [1.54, 1.807) is 0 Å². The molecule has 0 bridgehead atoms. The molecule has 2 N–H and O–H groups in total. The third-order valence-electron chi connectivity index (χ3n) is 4.94. The van der Waals surface area contributed by atoms with Crippen LogP contribution in [0.15, 0.2) is 48.5 Å². The summed E-state index contributed by atoms with van der Waals surface area (Å²) < 4.78 is 0. The maximum atomic E-state index is 12.6. The Bertz CT molecular complexity index is 707. The molecule has 132 valence electrons. The topological polar surface area (TPSA) is 49.6 Å². The van der Waals surface area contributed by atoms with E-state index in [4.69, 9.17) is 17.3 Å². The summed E-state index contributed by atoms with van der Waals surface area (Å²) in [6.07, 6.45) is 0. The van der Waals surface area contributed by atoms with Gasteiger partial charge in [-0.2, -0.15) is 0 Å². The SMILES string of the molecule is CC(c1ccc(Cl)cc1)N1CCN(C(=O)c2ccc(CN)cc2)CC1. The molecule has 2 aromatic carbocycles. The van der Waals surface area contributed by atoms with Crippen molar-refractivity contribution in [3.05, 3.63) is 70.2 Å². The summed E-state index contributed by atoms with van der Waals surface area (Å²) >= 11 is 5.97. The lowest BCUT2D eigenvalue weighted by Gasteiger charge is -2.38. The number of carbonyl (C=O) groups is 1. The molecule has 1 aliphatic heterocycles. The Balaban J connectivity index is 1.59. The normalized spacial score (nSPS) is 16.7. The molecular weight excluding hydrogens is 334 g/mol. The van der Waals surface area contributed by atoms with E-state index in [1.165, 1.54) is 5.56 Å². The van der Waals surface area contributed by atoms with E-state index in [-0.39, 0.29) is 5.91 Å². The molecule has 1 atom stereocenters. The summed E-state index contributed by atoms with van der Waals surface area (Å²) in [6.45, 7) is 5.93. The Morgan fingerprint density at radius 3 is 2.20 bits per heavy atom. The molecule has 0 aliphatic carbocycles. The summed E-state index contributed by atoms with van der Waals surface area (Å²) in [7, 11) is 0. The number of hydrogen-bond donors (Lipinski definition) is 1. The highest BCUT2D eigenvalue weighted by atomic mass is 35.5. The number of nitrogens with two attached hydrogens (primary N) is 1. The van der Waals surface area contributed by atoms with Crippen LogP contribution in [0.4, 0.5) is 0 Å². The molecule has 1 aliphatic rings. The van der Waals surface area contributed by atoms with Crippen LogP contribution in [0.2, 0.25) is 5.02 Å². The van der Waals surface area contributed by atoms with Gasteiger partial charge >= 0.3 is 0 Å². The Morgan fingerprint density at radius 1 is 1.04 bits per heavy atom. The Kier molecular flexibility index (Phi) is 5.74. The van der Waals surface area contributed by atoms with Crippen LogP contribution in [0.3, 0.4) is 0 Å². The zero-order valence-electron chi connectivity index (χ0n) is 14.5. The van der Waals surface area contributed by atoms with Crippen molar-refractivity contribution in [1.82, 2.24) is 9.80 Å². The summed E-state index contributed by atoms with van der Waals surface area (Å²) in [5.74, 6) is 0.0994. The summed E-state index contributed by atoms with van der Waals surface area (Å²) in [4.78, 5) is 17.0. The maximum absolute atomic E-state index is 12.6. The van der Waals surface area contributed by atoms with Crippen LogP contribution in [-0.4, -0.2) is 41.9 Å². The van der Waals surface area contributed by atoms with Crippen LogP contribution in [-0.2, 0) is 6.54 Å². The first-order chi connectivity index (χ1) is 12.1. The molecule has 1 saturated heterocycles. The largest absolute Gasteiger partial charge is 0.336 e. The molecule has 0 aromatic heterocycles. The van der Waals surface area contributed by atoms with Crippen molar-refractivity contribution in [2.75, 3.05) is 26.2 Å². The molecule has 1 fully saturated rings. The van der Waals surface area contributed by atoms with Gasteiger partial charge in [0.25, 0.3) is 5.91 Å². The quantitative estimate of drug-likeness (QED) is 0.913. The zero-order valence-corrected chi connectivity index (χ0v) is 15.2. The van der Waals surface area contributed by atoms with E-state index in [9.17, 15) is 4.79 Å². The van der Waals surface area contributed by atoms with Crippen LogP contribution in [0.5, 0.6) is 0 Å². The lowest BCUT2D eigenvalue weighted by atomic mass is 10.1. The van der Waals surface area contributed by atoms with Crippen molar-refractivity contribution >= 4 is 17.5 Å². The van der Waals surface area contributed by atoms with Gasteiger partial charge in [-0.25, -0.2) is 0 Å². The minimum absolute atomic E-state index is 0.0994. The minimum atomic E-state index is 0.0994. The molecule has 4 nitrogen and oxygen atoms in total. The summed E-state index contributed by atoms with van der Waals surface area (Å²) in [5.41, 5.74) is 8.63. The molecular formula is C20H24ClN3O. The number of amides is 1. The van der Waals surface area contributed by atoms with Crippen LogP contribution in [0, 0.1) is 0 Å². The molecule has 25 heavy (non-hydrogen) atoms. The second kappa shape index (κ2) is 8.00. The van der Waals surface area contributed by atoms with Crippen molar-refractivity contribution < 1.29 is 4.79 Å². The van der Waals surface area contributed by atoms with Gasteiger partial charge in [-0.3, -0.25) is 9.69 Å². The lowest BCUT2D eigenvalue weighted by Crippen LogP contribution is -2.49. The molecule has 1 unspecified atom stereocenters. The standard InChI is InChI=1S/C20H24ClN3O/c1-15(17-6-8-19(21)9-7-17)23-10-12-24(13-11-23)20(25)18-4-2-16(14-22)3-5-18/h2-9,15H,10-14,22H2,1H3. The highest BCUT2D eigenvalue weighted by molar-refractivity contribution is 6.30. The van der Waals surface area contributed by atoms with Crippen LogP contribution in [0.1, 0.15) is 34.5 Å². The van der Waals surface area contributed by atoms with Gasteiger partial charge in [0.15, 0.2) is 0 Å². The van der Waals surface area contributed by atoms with Crippen molar-refractivity contribution in [2.24, 2.45) is 5.73 Å². The number of nitrogens with zero attached hydrogens (tertiary/aromatic N) is 2. The minimum Gasteiger partial charge on any atom is -0.336 e. The molecule has 1 heterocycles. The highest BCUT2D eigenvalue weighted by Gasteiger charge is 2.25. The highest BCUT2D eigenvalue weighted by Crippen LogP contribution is 2.23. The molecule has 0 spiro atoms. The van der Waals surface area contributed by atoms with Crippen LogP contribution in [0.25, 0.3) is 0 Å². The Labute approximate surface area is 154 Å². The van der Waals surface area contributed by atoms with Gasteiger partial charge in [0.05, 0.1) is 0 Å². The maximum Gasteiger partial charge on any atom is 0.253 e. The van der Waals surface area contributed by atoms with E-state index in [0.29, 0.717) is 12.6 Å². The van der Waals surface area contributed by atoms with E-state index >= 15 is 0 Å². The van der Waals surface area contributed by atoms with Gasteiger partial charge in [-0.15, -0.1) is 0 Å². The van der Waals surface area contributed by atoms with Crippen LogP contribution >= 0.6 is 11.6 Å². The monoisotopic (exact) mass is 357 g/mol. The van der Waals surface area contributed by atoms with Gasteiger partial charge in [-0.05, 0) is 42.3 Å². The molecule has 1 amide bonds. The number of piperazine rings is 1. The van der Waals surface area contributed by atoms with E-state index in [0.717, 1.165) is 42.3 Å². The lowest BCUT2D eigenvalue weighted by molar-refractivity contribution is 0.0582. The second-order valence-electron chi connectivity index (χ2n) is 6.46. The first-order valence-electron chi connectivity index (χ1n) is 8.66. The molecule has 0 saturated carbocycles. The Hall–Kier alpha value is -1.88. The van der Waals surface area contributed by atoms with Gasteiger partial charge < -0.3 is 10.6 Å². The third kappa shape index (κ3) is 4.21. The van der Waals surface area contributed by atoms with Crippen molar-refractivity contribution in [1.29, 1.82) is 0 Å². The average molecular weight is 358 g/mol. The fraction of sp³-hybridized carbons (Fsp3) is 0.350. The van der Waals surface area contributed by atoms with E-state index in [2.05, 4.69) is 24.0 Å². The fourth-order valence-electron chi connectivity index (χ4n) is 3.23. The molecule has 5 heteroatoms. The third-order valence-corrected chi connectivity index (χ3v) is 5.19. The first kappa shape index (κ1) is 17.9. The smallest absolute Gasteiger partial charge is 0.253 e. The predicted octanol–water partition coefficient (Wildman–Crippen LogP) is 3.32. The van der Waals surface area contributed by atoms with Gasteiger partial charge in [0.1, 0.15) is 0 Å². The van der Waals surface area contributed by atoms with Crippen molar-refractivity contribution in [3.8, 4) is 0 Å². The first-order valence-corrected chi connectivity index (χ1v) is 9.04. The van der Waals surface area contributed by atoms with Gasteiger partial charge in [0.2, 0.25) is 0 Å². The number of halogens is 1. The second-order valence-corrected chi connectivity index (χ2v) is 6.89. The number of benzene rings is 2. The predicted molar refractivity (Wildman–Crippen MR) is 102 cm³/mol. The average Bonchev–Trinajstić information content (AvgIpc) is 2.67.